The minimum Gasteiger partial charge on any atom is -0.495 e. The number of halogens is 1. The summed E-state index contributed by atoms with van der Waals surface area (Å²) in [5.41, 5.74) is 2.74. The molecule has 0 saturated carbocycles. The molecule has 0 aliphatic rings. The molecule has 9 heteroatoms. The van der Waals surface area contributed by atoms with Gasteiger partial charge in [0.05, 0.1) is 36.0 Å². The van der Waals surface area contributed by atoms with Crippen LogP contribution in [0.3, 0.4) is 0 Å². The smallest absolute Gasteiger partial charge is 0.252 e. The maximum absolute atomic E-state index is 13.8. The summed E-state index contributed by atoms with van der Waals surface area (Å²) in [5.74, 6) is 0.0927. The molecule has 0 N–H and O–H groups in total. The van der Waals surface area contributed by atoms with Crippen LogP contribution in [0.4, 0.5) is 0 Å². The van der Waals surface area contributed by atoms with Gasteiger partial charge >= 0.3 is 0 Å². The van der Waals surface area contributed by atoms with Crippen LogP contribution in [0.2, 0.25) is 5.02 Å². The number of carbonyl (C=O) groups excluding carboxylic acids is 2. The van der Waals surface area contributed by atoms with Gasteiger partial charge in [0.1, 0.15) is 5.75 Å². The molecule has 0 saturated heterocycles. The van der Waals surface area contributed by atoms with Crippen molar-refractivity contribution in [2.45, 2.75) is 58.6 Å². The molecular weight excluding hydrogens is 542 g/mol. The molecule has 1 unspecified atom stereocenters. The van der Waals surface area contributed by atoms with Crippen molar-refractivity contribution in [3.63, 3.8) is 0 Å². The summed E-state index contributed by atoms with van der Waals surface area (Å²) in [6, 6.07) is 11.0. The predicted molar refractivity (Wildman–Crippen MR) is 160 cm³/mol. The highest BCUT2D eigenvalue weighted by atomic mass is 35.5. The van der Waals surface area contributed by atoms with Crippen LogP contribution in [-0.4, -0.2) is 45.4 Å². The molecule has 0 amide bonds. The lowest BCUT2D eigenvalue weighted by molar-refractivity contribution is -0.122. The third kappa shape index (κ3) is 7.26. The number of hydrogen-bond donors (Lipinski definition) is 0. The van der Waals surface area contributed by atoms with Crippen LogP contribution >= 0.6 is 11.6 Å². The van der Waals surface area contributed by atoms with Gasteiger partial charge < -0.3 is 14.0 Å². The van der Waals surface area contributed by atoms with Crippen molar-refractivity contribution >= 4 is 34.2 Å². The zero-order valence-electron chi connectivity index (χ0n) is 23.9. The summed E-state index contributed by atoms with van der Waals surface area (Å²) in [5, 5.41) is 0.423. The Labute approximate surface area is 244 Å². The molecule has 8 nitrogen and oxygen atoms in total. The Bertz CT molecular complexity index is 1640. The number of fused-ring (bicyclic) bond motifs is 1. The fourth-order valence-corrected chi connectivity index (χ4v) is 4.86. The second kappa shape index (κ2) is 12.7. The average Bonchev–Trinajstić information content (AvgIpc) is 2.94. The van der Waals surface area contributed by atoms with Crippen molar-refractivity contribution in [3.8, 4) is 16.9 Å². The molecule has 1 atom stereocenters. The topological polar surface area (TPSA) is 100 Å². The Balaban J connectivity index is 1.75. The van der Waals surface area contributed by atoms with E-state index in [-0.39, 0.29) is 31.0 Å². The Morgan fingerprint density at radius 2 is 1.73 bits per heavy atom. The number of aromatic nitrogens is 3. The maximum atomic E-state index is 13.8. The SMILES string of the molecule is CCC(=O)c1ccc(Cl)cc1-c1cc(=O)n(C(CCOC(C)(C)C)C(=O)Cc2ccc3nccnc3c2)cc1OC. The van der Waals surface area contributed by atoms with Gasteiger partial charge in [-0.2, -0.15) is 0 Å². The molecule has 4 rings (SSSR count). The highest BCUT2D eigenvalue weighted by molar-refractivity contribution is 6.31. The van der Waals surface area contributed by atoms with Gasteiger partial charge in [-0.05, 0) is 68.7 Å². The number of benzene rings is 2. The second-order valence-electron chi connectivity index (χ2n) is 10.8. The van der Waals surface area contributed by atoms with Gasteiger partial charge in [0.2, 0.25) is 0 Å². The average molecular weight is 576 g/mol. The Hall–Kier alpha value is -3.88. The monoisotopic (exact) mass is 575 g/mol. The zero-order valence-corrected chi connectivity index (χ0v) is 24.7. The summed E-state index contributed by atoms with van der Waals surface area (Å²) in [4.78, 5) is 48.7. The predicted octanol–water partition coefficient (Wildman–Crippen LogP) is 6.27. The van der Waals surface area contributed by atoms with E-state index in [1.54, 1.807) is 37.5 Å². The number of Topliss-reactive ketones (excluding diaryl/α,β-unsaturated/α-hetero) is 2. The van der Waals surface area contributed by atoms with Gasteiger partial charge in [-0.25, -0.2) is 0 Å². The van der Waals surface area contributed by atoms with Crippen LogP contribution in [0.1, 0.15) is 62.5 Å². The second-order valence-corrected chi connectivity index (χ2v) is 11.2. The standard InChI is InChI=1S/C32H34ClN3O5/c1-6-28(37)22-9-8-21(33)17-23(22)24-18-31(39)36(19-30(24)40-5)27(11-14-41-32(2,3)4)29(38)16-20-7-10-25-26(15-20)35-13-12-34-25/h7-10,12-13,15,17-19,27H,6,11,14,16H2,1-5H3. The van der Waals surface area contributed by atoms with E-state index < -0.39 is 17.2 Å². The molecule has 214 valence electrons. The number of ketones is 2. The number of nitrogens with zero attached hydrogens (tertiary/aromatic N) is 3. The van der Waals surface area contributed by atoms with Gasteiger partial charge in [-0.15, -0.1) is 0 Å². The van der Waals surface area contributed by atoms with Crippen molar-refractivity contribution in [2.75, 3.05) is 13.7 Å². The molecule has 41 heavy (non-hydrogen) atoms. The van der Waals surface area contributed by atoms with E-state index in [2.05, 4.69) is 9.97 Å². The Kier molecular flexibility index (Phi) is 9.35. The normalized spacial score (nSPS) is 12.3. The first-order chi connectivity index (χ1) is 19.5. The molecule has 4 aromatic rings. The summed E-state index contributed by atoms with van der Waals surface area (Å²) in [7, 11) is 1.48. The van der Waals surface area contributed by atoms with E-state index in [1.165, 1.54) is 23.9 Å². The lowest BCUT2D eigenvalue weighted by Crippen LogP contribution is -2.32. The first-order valence-corrected chi connectivity index (χ1v) is 13.9. The highest BCUT2D eigenvalue weighted by Gasteiger charge is 2.25. The number of carbonyl (C=O) groups is 2. The van der Waals surface area contributed by atoms with E-state index in [9.17, 15) is 14.4 Å². The van der Waals surface area contributed by atoms with Crippen LogP contribution in [-0.2, 0) is 16.0 Å². The van der Waals surface area contributed by atoms with E-state index in [4.69, 9.17) is 21.1 Å². The van der Waals surface area contributed by atoms with Gasteiger partial charge in [-0.1, -0.05) is 24.6 Å². The van der Waals surface area contributed by atoms with Gasteiger partial charge in [-0.3, -0.25) is 24.4 Å². The van der Waals surface area contributed by atoms with Crippen LogP contribution < -0.4 is 10.3 Å². The van der Waals surface area contributed by atoms with Crippen LogP contribution in [0.15, 0.2) is 65.8 Å². The minimum absolute atomic E-state index is 0.0876. The first-order valence-electron chi connectivity index (χ1n) is 13.5. The van der Waals surface area contributed by atoms with Crippen molar-refractivity contribution in [2.24, 2.45) is 0 Å². The third-order valence-electron chi connectivity index (χ3n) is 6.70. The Morgan fingerprint density at radius 1 is 1.00 bits per heavy atom. The summed E-state index contributed by atoms with van der Waals surface area (Å²) < 4.78 is 13.0. The maximum Gasteiger partial charge on any atom is 0.252 e. The van der Waals surface area contributed by atoms with Crippen LogP contribution in [0.5, 0.6) is 5.75 Å². The number of ether oxygens (including phenoxy) is 2. The van der Waals surface area contributed by atoms with E-state index in [0.717, 1.165) is 11.1 Å². The lowest BCUT2D eigenvalue weighted by Gasteiger charge is -2.24. The number of hydrogen-bond acceptors (Lipinski definition) is 7. The van der Waals surface area contributed by atoms with Gasteiger partial charge in [0, 0.05) is 54.1 Å². The van der Waals surface area contributed by atoms with E-state index >= 15 is 0 Å². The van der Waals surface area contributed by atoms with E-state index in [1.807, 2.05) is 39.0 Å². The Morgan fingerprint density at radius 3 is 2.41 bits per heavy atom. The molecule has 0 radical (unpaired) electrons. The fraction of sp³-hybridized carbons (Fsp3) is 0.344. The lowest BCUT2D eigenvalue weighted by atomic mass is 9.95. The molecule has 0 bridgehead atoms. The largest absolute Gasteiger partial charge is 0.495 e. The molecule has 0 aliphatic heterocycles. The summed E-state index contributed by atoms with van der Waals surface area (Å²) >= 11 is 6.28. The number of methoxy groups -OCH3 is 1. The number of rotatable bonds is 11. The molecule has 0 spiro atoms. The first kappa shape index (κ1) is 30.1. The van der Waals surface area contributed by atoms with Crippen molar-refractivity contribution in [1.82, 2.24) is 14.5 Å². The molecule has 2 heterocycles. The molecule has 2 aromatic heterocycles. The summed E-state index contributed by atoms with van der Waals surface area (Å²) in [6.45, 7) is 7.84. The van der Waals surface area contributed by atoms with Crippen LogP contribution in [0, 0.1) is 0 Å². The molecular formula is C32H34ClN3O5. The highest BCUT2D eigenvalue weighted by Crippen LogP contribution is 2.34. The molecule has 0 fully saturated rings. The van der Waals surface area contributed by atoms with Crippen LogP contribution in [0.25, 0.3) is 22.2 Å². The van der Waals surface area contributed by atoms with E-state index in [0.29, 0.717) is 39.4 Å². The molecule has 2 aromatic carbocycles. The van der Waals surface area contributed by atoms with Gasteiger partial charge in [0.15, 0.2) is 11.6 Å². The summed E-state index contributed by atoms with van der Waals surface area (Å²) in [6.07, 6.45) is 5.41. The molecule has 0 aliphatic carbocycles. The zero-order chi connectivity index (χ0) is 29.7. The quantitative estimate of drug-likeness (QED) is 0.194. The van der Waals surface area contributed by atoms with Crippen molar-refractivity contribution in [3.05, 3.63) is 87.6 Å². The van der Waals surface area contributed by atoms with Crippen molar-refractivity contribution < 1.29 is 19.1 Å². The minimum atomic E-state index is -0.818. The third-order valence-corrected chi connectivity index (χ3v) is 6.94. The van der Waals surface area contributed by atoms with Gasteiger partial charge in [0.25, 0.3) is 5.56 Å². The fourth-order valence-electron chi connectivity index (χ4n) is 4.69. The number of pyridine rings is 1. The van der Waals surface area contributed by atoms with Crippen molar-refractivity contribution in [1.29, 1.82) is 0 Å².